The molecular formula is C37H36FN3O5S2. The van der Waals surface area contributed by atoms with Crippen molar-refractivity contribution >= 4 is 63.6 Å². The van der Waals surface area contributed by atoms with E-state index in [9.17, 15) is 23.6 Å². The molecule has 0 bridgehead atoms. The fourth-order valence-electron chi connectivity index (χ4n) is 5.37. The molecule has 0 aliphatic heterocycles. The molecule has 5 rings (SSSR count). The number of esters is 1. The Bertz CT molecular complexity index is 1860. The highest BCUT2D eigenvalue weighted by Gasteiger charge is 2.30. The molecule has 11 heteroatoms. The second-order valence-electron chi connectivity index (χ2n) is 11.4. The first-order valence-corrected chi connectivity index (χ1v) is 17.3. The molecule has 4 aromatic rings. The Morgan fingerprint density at radius 3 is 2.50 bits per heavy atom. The van der Waals surface area contributed by atoms with Crippen molar-refractivity contribution in [1.82, 2.24) is 5.32 Å². The normalized spacial score (nSPS) is 14.8. The van der Waals surface area contributed by atoms with Crippen molar-refractivity contribution in [1.29, 1.82) is 0 Å². The van der Waals surface area contributed by atoms with Gasteiger partial charge in [0.05, 0.1) is 17.9 Å². The second kappa shape index (κ2) is 15.9. The van der Waals surface area contributed by atoms with E-state index in [4.69, 9.17) is 4.74 Å². The van der Waals surface area contributed by atoms with Crippen LogP contribution in [0, 0.1) is 11.7 Å². The summed E-state index contributed by atoms with van der Waals surface area (Å²) in [6.45, 7) is 4.08. The summed E-state index contributed by atoms with van der Waals surface area (Å²) in [5.41, 5.74) is 2.15. The van der Waals surface area contributed by atoms with Crippen LogP contribution in [0.4, 0.5) is 15.1 Å². The molecule has 48 heavy (non-hydrogen) atoms. The van der Waals surface area contributed by atoms with Crippen LogP contribution in [0.5, 0.6) is 0 Å². The van der Waals surface area contributed by atoms with Crippen molar-refractivity contribution in [3.05, 3.63) is 118 Å². The molecule has 1 aliphatic carbocycles. The minimum atomic E-state index is -0.652. The van der Waals surface area contributed by atoms with Crippen molar-refractivity contribution < 1.29 is 28.3 Å². The first-order chi connectivity index (χ1) is 23.2. The van der Waals surface area contributed by atoms with Crippen LogP contribution in [-0.2, 0) is 27.2 Å². The van der Waals surface area contributed by atoms with E-state index >= 15 is 0 Å². The zero-order chi connectivity index (χ0) is 34.2. The minimum absolute atomic E-state index is 0.133. The number of fused-ring (bicyclic) bond motifs is 1. The lowest BCUT2D eigenvalue weighted by Gasteiger charge is -2.18. The Kier molecular flexibility index (Phi) is 11.5. The predicted molar refractivity (Wildman–Crippen MR) is 189 cm³/mol. The van der Waals surface area contributed by atoms with Crippen LogP contribution in [0.15, 0.2) is 89.5 Å². The Morgan fingerprint density at radius 2 is 1.77 bits per heavy atom. The Labute approximate surface area is 287 Å². The number of methoxy groups -OCH3 is 1. The summed E-state index contributed by atoms with van der Waals surface area (Å²) in [6, 6.07) is 21.3. The Morgan fingerprint density at radius 1 is 1.02 bits per heavy atom. The van der Waals surface area contributed by atoms with Gasteiger partial charge in [-0.25, -0.2) is 9.18 Å². The number of hydrogen-bond donors (Lipinski definition) is 3. The fraction of sp³-hybridized carbons (Fsp3) is 0.243. The summed E-state index contributed by atoms with van der Waals surface area (Å²) >= 11 is 2.76. The molecule has 0 saturated carbocycles. The monoisotopic (exact) mass is 685 g/mol. The van der Waals surface area contributed by atoms with E-state index in [-0.39, 0.29) is 17.2 Å². The molecule has 3 N–H and O–H groups in total. The lowest BCUT2D eigenvalue weighted by atomic mass is 9.88. The van der Waals surface area contributed by atoms with Crippen molar-refractivity contribution in [3.8, 4) is 0 Å². The molecule has 0 fully saturated rings. The van der Waals surface area contributed by atoms with Gasteiger partial charge in [-0.15, -0.1) is 23.1 Å². The number of benzene rings is 3. The number of amides is 3. The number of halogens is 1. The van der Waals surface area contributed by atoms with Crippen LogP contribution in [0.25, 0.3) is 6.08 Å². The van der Waals surface area contributed by atoms with Gasteiger partial charge in [-0.2, -0.15) is 0 Å². The summed E-state index contributed by atoms with van der Waals surface area (Å²) in [4.78, 5) is 54.5. The average Bonchev–Trinajstić information content (AvgIpc) is 3.44. The van der Waals surface area contributed by atoms with Crippen LogP contribution in [0.1, 0.15) is 63.4 Å². The van der Waals surface area contributed by atoms with E-state index < -0.39 is 28.9 Å². The maximum Gasteiger partial charge on any atom is 0.341 e. The smallest absolute Gasteiger partial charge is 0.341 e. The molecule has 0 spiro atoms. The number of thiophene rings is 1. The predicted octanol–water partition coefficient (Wildman–Crippen LogP) is 7.72. The van der Waals surface area contributed by atoms with Crippen molar-refractivity contribution in [2.45, 2.75) is 49.7 Å². The fourth-order valence-corrected chi connectivity index (χ4v) is 7.79. The first kappa shape index (κ1) is 34.6. The van der Waals surface area contributed by atoms with Crippen LogP contribution in [0.2, 0.25) is 0 Å². The molecule has 1 aromatic heterocycles. The number of thioether (sulfide) groups is 1. The molecule has 1 aliphatic rings. The number of rotatable bonds is 11. The molecule has 2 unspecified atom stereocenters. The largest absolute Gasteiger partial charge is 0.465 e. The molecule has 1 heterocycles. The number of carbonyl (C=O) groups excluding carboxylic acids is 4. The quantitative estimate of drug-likeness (QED) is 0.0847. The average molecular weight is 686 g/mol. The molecule has 0 radical (unpaired) electrons. The topological polar surface area (TPSA) is 114 Å². The summed E-state index contributed by atoms with van der Waals surface area (Å²) < 4.78 is 19.6. The molecule has 8 nitrogen and oxygen atoms in total. The van der Waals surface area contributed by atoms with Gasteiger partial charge in [0.15, 0.2) is 0 Å². The maximum absolute atomic E-state index is 14.5. The Balaban J connectivity index is 1.32. The van der Waals surface area contributed by atoms with Gasteiger partial charge >= 0.3 is 5.97 Å². The van der Waals surface area contributed by atoms with Crippen LogP contribution >= 0.6 is 23.1 Å². The molecule has 248 valence electrons. The van der Waals surface area contributed by atoms with Crippen molar-refractivity contribution in [2.75, 3.05) is 17.7 Å². The summed E-state index contributed by atoms with van der Waals surface area (Å²) in [7, 11) is 1.34. The van der Waals surface area contributed by atoms with Crippen molar-refractivity contribution in [3.63, 3.8) is 0 Å². The highest BCUT2D eigenvalue weighted by molar-refractivity contribution is 8.00. The number of carbonyl (C=O) groups is 4. The highest BCUT2D eigenvalue weighted by atomic mass is 32.2. The first-order valence-electron chi connectivity index (χ1n) is 15.6. The number of nitrogens with one attached hydrogen (secondary N) is 3. The van der Waals surface area contributed by atoms with Crippen LogP contribution in [0.3, 0.4) is 0 Å². The third-order valence-electron chi connectivity index (χ3n) is 7.91. The number of anilines is 2. The van der Waals surface area contributed by atoms with E-state index in [1.807, 2.05) is 13.0 Å². The third-order valence-corrected chi connectivity index (χ3v) is 10.4. The van der Waals surface area contributed by atoms with Gasteiger partial charge in [0.1, 0.15) is 16.5 Å². The van der Waals surface area contributed by atoms with E-state index in [1.54, 1.807) is 54.6 Å². The molecule has 3 aromatic carbocycles. The van der Waals surface area contributed by atoms with Crippen molar-refractivity contribution in [2.24, 2.45) is 5.92 Å². The minimum Gasteiger partial charge on any atom is -0.465 e. The van der Waals surface area contributed by atoms with E-state index in [0.717, 1.165) is 34.6 Å². The number of ether oxygens (including phenoxy) is 1. The number of hydrogen-bond acceptors (Lipinski definition) is 7. The van der Waals surface area contributed by atoms with Gasteiger partial charge in [0, 0.05) is 26.6 Å². The van der Waals surface area contributed by atoms with Crippen LogP contribution in [-0.4, -0.2) is 36.1 Å². The van der Waals surface area contributed by atoms with Gasteiger partial charge in [0.2, 0.25) is 5.91 Å². The molecule has 2 atom stereocenters. The Hall–Kier alpha value is -4.74. The highest BCUT2D eigenvalue weighted by Crippen LogP contribution is 2.40. The zero-order valence-corrected chi connectivity index (χ0v) is 28.4. The second-order valence-corrected chi connectivity index (χ2v) is 13.8. The van der Waals surface area contributed by atoms with E-state index in [2.05, 4.69) is 22.9 Å². The maximum atomic E-state index is 14.5. The van der Waals surface area contributed by atoms with Gasteiger partial charge in [0.25, 0.3) is 11.8 Å². The summed E-state index contributed by atoms with van der Waals surface area (Å²) in [6.07, 6.45) is 4.39. The summed E-state index contributed by atoms with van der Waals surface area (Å²) in [5.74, 6) is -1.91. The van der Waals surface area contributed by atoms with Gasteiger partial charge in [-0.1, -0.05) is 56.3 Å². The van der Waals surface area contributed by atoms with Gasteiger partial charge in [-0.3, -0.25) is 14.4 Å². The van der Waals surface area contributed by atoms with E-state index in [0.29, 0.717) is 34.2 Å². The lowest BCUT2D eigenvalue weighted by Crippen LogP contribution is -2.30. The summed E-state index contributed by atoms with van der Waals surface area (Å²) in [5, 5.41) is 8.42. The zero-order valence-electron chi connectivity index (χ0n) is 26.8. The SMILES string of the molecule is CCC(Sc1cccc(NC(=O)/C(=C/c2ccccc2F)NC(=O)c2ccccc2)c1)C(=O)Nc1sc2c(c1C(=O)OC)CCC(C)C2. The molecule has 3 amide bonds. The van der Waals surface area contributed by atoms with Gasteiger partial charge < -0.3 is 20.7 Å². The third kappa shape index (κ3) is 8.39. The molecule has 0 saturated heterocycles. The molecular weight excluding hydrogens is 650 g/mol. The van der Waals surface area contributed by atoms with E-state index in [1.165, 1.54) is 54.5 Å². The van der Waals surface area contributed by atoms with Crippen LogP contribution < -0.4 is 16.0 Å². The standard InChI is InChI=1S/C37H36FN3O5S2/c1-4-30(35(44)41-36-32(37(45)46-3)27-18-17-22(2)19-31(27)48-36)47-26-15-10-14-25(21-26)39-34(43)29(20-24-13-8-9-16-28(24)38)40-33(42)23-11-6-5-7-12-23/h5-16,20-22,30H,4,17-19H2,1-3H3,(H,39,43)(H,40,42)(H,41,44)/b29-20-. The van der Waals surface area contributed by atoms with Gasteiger partial charge in [-0.05, 0) is 79.6 Å². The lowest BCUT2D eigenvalue weighted by molar-refractivity contribution is -0.116.